The molecule has 0 aromatic heterocycles. The standard InChI is InChI=1S/C15H22N2O4/c1-3-5-6-7-8-15(18)16-13-10-9-12(21-4-2)11-14(13)17(19)20/h9-11H,3-8H2,1-2H3,(H,16,18). The van der Waals surface area contributed by atoms with Gasteiger partial charge in [-0.15, -0.1) is 0 Å². The van der Waals surface area contributed by atoms with Gasteiger partial charge in [-0.1, -0.05) is 26.2 Å². The van der Waals surface area contributed by atoms with Crippen LogP contribution in [0.2, 0.25) is 0 Å². The van der Waals surface area contributed by atoms with Crippen LogP contribution in [-0.4, -0.2) is 17.4 Å². The summed E-state index contributed by atoms with van der Waals surface area (Å²) in [7, 11) is 0. The highest BCUT2D eigenvalue weighted by atomic mass is 16.6. The van der Waals surface area contributed by atoms with Gasteiger partial charge in [0.25, 0.3) is 5.69 Å². The molecule has 0 fully saturated rings. The molecule has 0 atom stereocenters. The molecular formula is C15H22N2O4. The molecule has 6 heteroatoms. The molecular weight excluding hydrogens is 272 g/mol. The molecule has 0 saturated heterocycles. The second-order valence-electron chi connectivity index (χ2n) is 4.73. The van der Waals surface area contributed by atoms with Crippen LogP contribution in [0.4, 0.5) is 11.4 Å². The number of nitro groups is 1. The number of hydrogen-bond donors (Lipinski definition) is 1. The van der Waals surface area contributed by atoms with E-state index in [0.717, 1.165) is 25.7 Å². The fourth-order valence-corrected chi connectivity index (χ4v) is 1.95. The third-order valence-corrected chi connectivity index (χ3v) is 3.01. The quantitative estimate of drug-likeness (QED) is 0.425. The Hall–Kier alpha value is -2.11. The SMILES string of the molecule is CCCCCCC(=O)Nc1ccc(OCC)cc1[N+](=O)[O-]. The molecule has 0 aliphatic rings. The van der Waals surface area contributed by atoms with E-state index in [-0.39, 0.29) is 17.3 Å². The first-order valence-electron chi connectivity index (χ1n) is 7.29. The van der Waals surface area contributed by atoms with Crippen LogP contribution in [0.25, 0.3) is 0 Å². The molecule has 0 unspecified atom stereocenters. The average Bonchev–Trinajstić information content (AvgIpc) is 2.45. The number of rotatable bonds is 9. The van der Waals surface area contributed by atoms with Gasteiger partial charge < -0.3 is 10.1 Å². The van der Waals surface area contributed by atoms with E-state index in [9.17, 15) is 14.9 Å². The second-order valence-corrected chi connectivity index (χ2v) is 4.73. The summed E-state index contributed by atoms with van der Waals surface area (Å²) >= 11 is 0. The van der Waals surface area contributed by atoms with E-state index in [1.165, 1.54) is 12.1 Å². The van der Waals surface area contributed by atoms with Gasteiger partial charge in [-0.25, -0.2) is 0 Å². The molecule has 6 nitrogen and oxygen atoms in total. The number of nitrogens with one attached hydrogen (secondary N) is 1. The van der Waals surface area contributed by atoms with Crippen molar-refractivity contribution >= 4 is 17.3 Å². The van der Waals surface area contributed by atoms with Crippen molar-refractivity contribution in [3.63, 3.8) is 0 Å². The minimum Gasteiger partial charge on any atom is -0.494 e. The molecule has 1 rings (SSSR count). The van der Waals surface area contributed by atoms with Crippen LogP contribution in [0.5, 0.6) is 5.75 Å². The van der Waals surface area contributed by atoms with Gasteiger partial charge in [0, 0.05) is 6.42 Å². The van der Waals surface area contributed by atoms with E-state index >= 15 is 0 Å². The van der Waals surface area contributed by atoms with Gasteiger partial charge in [0.2, 0.25) is 5.91 Å². The minimum atomic E-state index is -0.519. The molecule has 0 spiro atoms. The smallest absolute Gasteiger partial charge is 0.296 e. The van der Waals surface area contributed by atoms with Gasteiger partial charge in [-0.05, 0) is 25.5 Å². The molecule has 0 saturated carbocycles. The molecule has 0 radical (unpaired) electrons. The molecule has 0 aliphatic carbocycles. The summed E-state index contributed by atoms with van der Waals surface area (Å²) in [6, 6.07) is 4.45. The number of ether oxygens (including phenoxy) is 1. The number of benzene rings is 1. The van der Waals surface area contributed by atoms with Crippen LogP contribution in [0.15, 0.2) is 18.2 Å². The summed E-state index contributed by atoms with van der Waals surface area (Å²) in [6.07, 6.45) is 4.37. The fraction of sp³-hybridized carbons (Fsp3) is 0.533. The van der Waals surface area contributed by atoms with E-state index in [1.54, 1.807) is 13.0 Å². The molecule has 1 N–H and O–H groups in total. The van der Waals surface area contributed by atoms with Gasteiger partial charge in [0.15, 0.2) is 0 Å². The van der Waals surface area contributed by atoms with Crippen molar-refractivity contribution in [3.05, 3.63) is 28.3 Å². The predicted octanol–water partition coefficient (Wildman–Crippen LogP) is 3.90. The maximum atomic E-state index is 11.8. The average molecular weight is 294 g/mol. The van der Waals surface area contributed by atoms with E-state index in [2.05, 4.69) is 12.2 Å². The topological polar surface area (TPSA) is 81.5 Å². The van der Waals surface area contributed by atoms with Crippen LogP contribution in [-0.2, 0) is 4.79 Å². The van der Waals surface area contributed by atoms with E-state index in [1.807, 2.05) is 0 Å². The Kier molecular flexibility index (Phi) is 7.21. The molecule has 1 aromatic rings. The number of anilines is 1. The fourth-order valence-electron chi connectivity index (χ4n) is 1.95. The highest BCUT2D eigenvalue weighted by molar-refractivity contribution is 5.93. The monoisotopic (exact) mass is 294 g/mol. The van der Waals surface area contributed by atoms with Crippen LogP contribution in [0.3, 0.4) is 0 Å². The highest BCUT2D eigenvalue weighted by Gasteiger charge is 2.17. The molecule has 0 heterocycles. The normalized spacial score (nSPS) is 10.2. The summed E-state index contributed by atoms with van der Waals surface area (Å²) in [5, 5.41) is 13.7. The minimum absolute atomic E-state index is 0.150. The number of carbonyl (C=O) groups is 1. The van der Waals surface area contributed by atoms with Crippen molar-refractivity contribution in [1.29, 1.82) is 0 Å². The van der Waals surface area contributed by atoms with Crippen molar-refractivity contribution in [3.8, 4) is 5.75 Å². The van der Waals surface area contributed by atoms with Gasteiger partial charge >= 0.3 is 0 Å². The Balaban J connectivity index is 2.68. The zero-order chi connectivity index (χ0) is 15.7. The lowest BCUT2D eigenvalue weighted by Crippen LogP contribution is -2.12. The van der Waals surface area contributed by atoms with Crippen molar-refractivity contribution in [2.75, 3.05) is 11.9 Å². The molecule has 1 aromatic carbocycles. The van der Waals surface area contributed by atoms with Gasteiger partial charge in [-0.2, -0.15) is 0 Å². The Morgan fingerprint density at radius 1 is 1.29 bits per heavy atom. The maximum Gasteiger partial charge on any atom is 0.296 e. The van der Waals surface area contributed by atoms with Crippen molar-refractivity contribution in [2.45, 2.75) is 46.0 Å². The molecule has 116 valence electrons. The Morgan fingerprint density at radius 2 is 2.05 bits per heavy atom. The summed E-state index contributed by atoms with van der Waals surface area (Å²) in [6.45, 7) is 4.33. The number of amides is 1. The van der Waals surface area contributed by atoms with Crippen LogP contribution < -0.4 is 10.1 Å². The zero-order valence-corrected chi connectivity index (χ0v) is 12.6. The van der Waals surface area contributed by atoms with Crippen LogP contribution in [0, 0.1) is 10.1 Å². The van der Waals surface area contributed by atoms with E-state index < -0.39 is 4.92 Å². The van der Waals surface area contributed by atoms with Crippen molar-refractivity contribution in [2.24, 2.45) is 0 Å². The Labute approximate surface area is 124 Å². The number of hydrogen-bond acceptors (Lipinski definition) is 4. The molecule has 21 heavy (non-hydrogen) atoms. The summed E-state index contributed by atoms with van der Waals surface area (Å²) in [4.78, 5) is 22.3. The Morgan fingerprint density at radius 3 is 2.67 bits per heavy atom. The second kappa shape index (κ2) is 8.94. The maximum absolute atomic E-state index is 11.8. The van der Waals surface area contributed by atoms with Crippen LogP contribution >= 0.6 is 0 Å². The predicted molar refractivity (Wildman–Crippen MR) is 81.7 cm³/mol. The highest BCUT2D eigenvalue weighted by Crippen LogP contribution is 2.29. The van der Waals surface area contributed by atoms with Crippen molar-refractivity contribution < 1.29 is 14.5 Å². The zero-order valence-electron chi connectivity index (χ0n) is 12.6. The summed E-state index contributed by atoms with van der Waals surface area (Å²) in [5.74, 6) is 0.225. The third kappa shape index (κ3) is 5.81. The molecule has 0 bridgehead atoms. The molecule has 0 aliphatic heterocycles. The third-order valence-electron chi connectivity index (χ3n) is 3.01. The summed E-state index contributed by atoms with van der Waals surface area (Å²) < 4.78 is 5.23. The van der Waals surface area contributed by atoms with E-state index in [0.29, 0.717) is 18.8 Å². The number of nitrogens with zero attached hydrogens (tertiary/aromatic N) is 1. The lowest BCUT2D eigenvalue weighted by molar-refractivity contribution is -0.384. The first-order valence-corrected chi connectivity index (χ1v) is 7.29. The number of unbranched alkanes of at least 4 members (excludes halogenated alkanes) is 3. The van der Waals surface area contributed by atoms with Crippen molar-refractivity contribution in [1.82, 2.24) is 0 Å². The van der Waals surface area contributed by atoms with E-state index in [4.69, 9.17) is 4.74 Å². The van der Waals surface area contributed by atoms with Gasteiger partial charge in [0.05, 0.1) is 17.6 Å². The van der Waals surface area contributed by atoms with Gasteiger partial charge in [0.1, 0.15) is 11.4 Å². The summed E-state index contributed by atoms with van der Waals surface area (Å²) in [5.41, 5.74) is 0.0619. The Bertz CT molecular complexity index is 489. The number of nitro benzene ring substituents is 1. The largest absolute Gasteiger partial charge is 0.494 e. The first kappa shape index (κ1) is 16.9. The lowest BCUT2D eigenvalue weighted by Gasteiger charge is -2.08. The van der Waals surface area contributed by atoms with Gasteiger partial charge in [-0.3, -0.25) is 14.9 Å². The molecule has 1 amide bonds. The number of carbonyl (C=O) groups excluding carboxylic acids is 1. The van der Waals surface area contributed by atoms with Crippen LogP contribution in [0.1, 0.15) is 46.0 Å². The first-order chi connectivity index (χ1) is 10.1. The lowest BCUT2D eigenvalue weighted by atomic mass is 10.1.